The van der Waals surface area contributed by atoms with Gasteiger partial charge in [0, 0.05) is 19.6 Å². The van der Waals surface area contributed by atoms with Gasteiger partial charge in [0.05, 0.1) is 13.2 Å². The Balaban J connectivity index is 1.93. The quantitative estimate of drug-likeness (QED) is 0.679. The number of rotatable bonds is 4. The standard InChI is InChI=1S/C14H18F3N3O2/c15-14(16,17)22-12-4-2-1-3-11(12)5-6-19-13(18)20-7-9-21-10-8-20/h1-4H,5-10H2,(H2,18,19). The first-order chi connectivity index (χ1) is 10.5. The van der Waals surface area contributed by atoms with E-state index >= 15 is 0 Å². The predicted molar refractivity (Wildman–Crippen MR) is 75.7 cm³/mol. The van der Waals surface area contributed by atoms with Crippen molar-refractivity contribution in [3.05, 3.63) is 29.8 Å². The zero-order valence-corrected chi connectivity index (χ0v) is 12.0. The Labute approximate surface area is 126 Å². The molecule has 0 aromatic heterocycles. The van der Waals surface area contributed by atoms with Crippen molar-refractivity contribution in [1.29, 1.82) is 0 Å². The van der Waals surface area contributed by atoms with Crippen molar-refractivity contribution in [3.8, 4) is 5.75 Å². The van der Waals surface area contributed by atoms with Crippen LogP contribution in [0, 0.1) is 0 Å². The number of benzene rings is 1. The van der Waals surface area contributed by atoms with Gasteiger partial charge in [-0.15, -0.1) is 13.2 Å². The molecule has 2 rings (SSSR count). The summed E-state index contributed by atoms with van der Waals surface area (Å²) >= 11 is 0. The van der Waals surface area contributed by atoms with Gasteiger partial charge in [0.25, 0.3) is 0 Å². The molecule has 0 amide bonds. The van der Waals surface area contributed by atoms with Gasteiger partial charge < -0.3 is 20.1 Å². The molecule has 122 valence electrons. The molecule has 1 aliphatic rings. The molecular formula is C14H18F3N3O2. The molecule has 1 saturated heterocycles. The van der Waals surface area contributed by atoms with Gasteiger partial charge >= 0.3 is 6.36 Å². The SMILES string of the molecule is NC(=NCCc1ccccc1OC(F)(F)F)N1CCOCC1. The first-order valence-electron chi connectivity index (χ1n) is 6.92. The number of halogens is 3. The smallest absolute Gasteiger partial charge is 0.406 e. The highest BCUT2D eigenvalue weighted by atomic mass is 19.4. The molecule has 0 spiro atoms. The van der Waals surface area contributed by atoms with Gasteiger partial charge in [0.15, 0.2) is 5.96 Å². The van der Waals surface area contributed by atoms with E-state index < -0.39 is 6.36 Å². The molecule has 0 radical (unpaired) electrons. The number of alkyl halides is 3. The van der Waals surface area contributed by atoms with Crippen LogP contribution in [0.5, 0.6) is 5.75 Å². The van der Waals surface area contributed by atoms with Gasteiger partial charge in [-0.2, -0.15) is 0 Å². The van der Waals surface area contributed by atoms with Crippen molar-refractivity contribution in [2.75, 3.05) is 32.8 Å². The lowest BCUT2D eigenvalue weighted by Gasteiger charge is -2.27. The molecule has 1 fully saturated rings. The van der Waals surface area contributed by atoms with Crippen LogP contribution in [-0.2, 0) is 11.2 Å². The van der Waals surface area contributed by atoms with Crippen molar-refractivity contribution in [3.63, 3.8) is 0 Å². The van der Waals surface area contributed by atoms with Crippen LogP contribution in [0.2, 0.25) is 0 Å². The average molecular weight is 317 g/mol. The van der Waals surface area contributed by atoms with Gasteiger partial charge in [0.2, 0.25) is 0 Å². The van der Waals surface area contributed by atoms with E-state index in [0.717, 1.165) is 0 Å². The summed E-state index contributed by atoms with van der Waals surface area (Å²) in [6.45, 7) is 2.82. The lowest BCUT2D eigenvalue weighted by Crippen LogP contribution is -2.44. The van der Waals surface area contributed by atoms with E-state index in [2.05, 4.69) is 9.73 Å². The normalized spacial score (nSPS) is 16.7. The summed E-state index contributed by atoms with van der Waals surface area (Å²) < 4.78 is 46.2. The number of aliphatic imine (C=N–C) groups is 1. The van der Waals surface area contributed by atoms with Crippen LogP contribution in [0.15, 0.2) is 29.3 Å². The minimum atomic E-state index is -4.70. The lowest BCUT2D eigenvalue weighted by atomic mass is 10.1. The highest BCUT2D eigenvalue weighted by Crippen LogP contribution is 2.26. The zero-order valence-electron chi connectivity index (χ0n) is 12.0. The predicted octanol–water partition coefficient (Wildman–Crippen LogP) is 1.77. The second-order valence-corrected chi connectivity index (χ2v) is 4.74. The molecule has 8 heteroatoms. The Morgan fingerprint density at radius 1 is 1.27 bits per heavy atom. The largest absolute Gasteiger partial charge is 0.573 e. The molecule has 0 unspecified atom stereocenters. The van der Waals surface area contributed by atoms with Gasteiger partial charge in [0.1, 0.15) is 5.75 Å². The minimum absolute atomic E-state index is 0.199. The van der Waals surface area contributed by atoms with E-state index in [4.69, 9.17) is 10.5 Å². The minimum Gasteiger partial charge on any atom is -0.406 e. The fourth-order valence-corrected chi connectivity index (χ4v) is 2.12. The van der Waals surface area contributed by atoms with E-state index in [1.54, 1.807) is 12.1 Å². The second-order valence-electron chi connectivity index (χ2n) is 4.74. The highest BCUT2D eigenvalue weighted by Gasteiger charge is 2.31. The number of nitrogens with zero attached hydrogens (tertiary/aromatic N) is 2. The molecule has 0 aliphatic carbocycles. The Morgan fingerprint density at radius 2 is 1.95 bits per heavy atom. The molecule has 1 aromatic rings. The van der Waals surface area contributed by atoms with Gasteiger partial charge in [-0.05, 0) is 18.1 Å². The summed E-state index contributed by atoms with van der Waals surface area (Å²) in [5.74, 6) is 0.188. The maximum atomic E-state index is 12.3. The van der Waals surface area contributed by atoms with Crippen molar-refractivity contribution >= 4 is 5.96 Å². The first kappa shape index (κ1) is 16.4. The maximum Gasteiger partial charge on any atom is 0.573 e. The average Bonchev–Trinajstić information content (AvgIpc) is 2.48. The third kappa shape index (κ3) is 5.10. The second kappa shape index (κ2) is 7.35. The number of hydrogen-bond donors (Lipinski definition) is 1. The molecule has 0 saturated carbocycles. The Morgan fingerprint density at radius 3 is 2.64 bits per heavy atom. The number of morpholine rings is 1. The van der Waals surface area contributed by atoms with E-state index in [1.165, 1.54) is 12.1 Å². The fraction of sp³-hybridized carbons (Fsp3) is 0.500. The fourth-order valence-electron chi connectivity index (χ4n) is 2.12. The van der Waals surface area contributed by atoms with Crippen LogP contribution in [0.1, 0.15) is 5.56 Å². The summed E-state index contributed by atoms with van der Waals surface area (Å²) in [5.41, 5.74) is 6.30. The van der Waals surface area contributed by atoms with Crippen LogP contribution >= 0.6 is 0 Å². The molecule has 1 heterocycles. The Hall–Kier alpha value is -1.96. The summed E-state index contributed by atoms with van der Waals surface area (Å²) in [6.07, 6.45) is -4.39. The Bertz CT molecular complexity index is 514. The summed E-state index contributed by atoms with van der Waals surface area (Å²) in [7, 11) is 0. The van der Waals surface area contributed by atoms with E-state index in [-0.39, 0.29) is 5.75 Å². The number of nitrogens with two attached hydrogens (primary N) is 1. The molecule has 0 bridgehead atoms. The summed E-state index contributed by atoms with van der Waals surface area (Å²) in [6, 6.07) is 6.03. The summed E-state index contributed by atoms with van der Waals surface area (Å²) in [5, 5.41) is 0. The molecule has 22 heavy (non-hydrogen) atoms. The van der Waals surface area contributed by atoms with Gasteiger partial charge in [-0.25, -0.2) is 0 Å². The molecule has 1 aliphatic heterocycles. The lowest BCUT2D eigenvalue weighted by molar-refractivity contribution is -0.274. The molecule has 2 N–H and O–H groups in total. The molecular weight excluding hydrogens is 299 g/mol. The topological polar surface area (TPSA) is 60.1 Å². The third-order valence-electron chi connectivity index (χ3n) is 3.19. The molecule has 0 atom stereocenters. The number of para-hydroxylation sites is 1. The van der Waals surface area contributed by atoms with Crippen LogP contribution in [0.3, 0.4) is 0 Å². The summed E-state index contributed by atoms with van der Waals surface area (Å²) in [4.78, 5) is 6.10. The maximum absolute atomic E-state index is 12.3. The van der Waals surface area contributed by atoms with Crippen LogP contribution < -0.4 is 10.5 Å². The van der Waals surface area contributed by atoms with Crippen LogP contribution in [0.25, 0.3) is 0 Å². The van der Waals surface area contributed by atoms with Crippen molar-refractivity contribution < 1.29 is 22.6 Å². The number of hydrogen-bond acceptors (Lipinski definition) is 3. The molecule has 5 nitrogen and oxygen atoms in total. The molecule has 1 aromatic carbocycles. The van der Waals surface area contributed by atoms with Crippen molar-refractivity contribution in [1.82, 2.24) is 4.90 Å². The Kier molecular flexibility index (Phi) is 5.48. The van der Waals surface area contributed by atoms with Gasteiger partial charge in [-0.3, -0.25) is 4.99 Å². The first-order valence-corrected chi connectivity index (χ1v) is 6.92. The highest BCUT2D eigenvalue weighted by molar-refractivity contribution is 5.78. The van der Waals surface area contributed by atoms with E-state index in [1.807, 2.05) is 4.90 Å². The number of guanidine groups is 1. The third-order valence-corrected chi connectivity index (χ3v) is 3.19. The monoisotopic (exact) mass is 317 g/mol. The van der Waals surface area contributed by atoms with E-state index in [0.29, 0.717) is 50.8 Å². The number of ether oxygens (including phenoxy) is 2. The van der Waals surface area contributed by atoms with Crippen LogP contribution in [-0.4, -0.2) is 50.1 Å². The zero-order chi connectivity index (χ0) is 16.0. The van der Waals surface area contributed by atoms with Crippen molar-refractivity contribution in [2.24, 2.45) is 10.7 Å². The van der Waals surface area contributed by atoms with Crippen LogP contribution in [0.4, 0.5) is 13.2 Å². The van der Waals surface area contributed by atoms with E-state index in [9.17, 15) is 13.2 Å². The van der Waals surface area contributed by atoms with Gasteiger partial charge in [-0.1, -0.05) is 18.2 Å². The van der Waals surface area contributed by atoms with Crippen molar-refractivity contribution in [2.45, 2.75) is 12.8 Å².